The molecule has 0 fully saturated rings. The summed E-state index contributed by atoms with van der Waals surface area (Å²) in [5, 5.41) is 5.53. The molecule has 1 aromatic heterocycles. The SMILES string of the molecule is CNC(Cc1cc(Br)cs1)c1ccc(C)c(Br)c1. The summed E-state index contributed by atoms with van der Waals surface area (Å²) >= 11 is 8.90. The lowest BCUT2D eigenvalue weighted by Crippen LogP contribution is -2.18. The van der Waals surface area contributed by atoms with Gasteiger partial charge >= 0.3 is 0 Å². The van der Waals surface area contributed by atoms with Gasteiger partial charge in [0.1, 0.15) is 0 Å². The van der Waals surface area contributed by atoms with Crippen LogP contribution >= 0.6 is 43.2 Å². The lowest BCUT2D eigenvalue weighted by molar-refractivity contribution is 0.596. The number of rotatable bonds is 4. The molecule has 1 heterocycles. The Bertz CT molecular complexity index is 536. The van der Waals surface area contributed by atoms with Gasteiger partial charge in [-0.25, -0.2) is 0 Å². The van der Waals surface area contributed by atoms with E-state index < -0.39 is 0 Å². The first kappa shape index (κ1) is 14.3. The van der Waals surface area contributed by atoms with Gasteiger partial charge in [0.2, 0.25) is 0 Å². The molecule has 2 aromatic rings. The highest BCUT2D eigenvalue weighted by Crippen LogP contribution is 2.27. The van der Waals surface area contributed by atoms with E-state index in [1.165, 1.54) is 24.9 Å². The molecule has 18 heavy (non-hydrogen) atoms. The maximum atomic E-state index is 3.60. The molecule has 0 saturated carbocycles. The van der Waals surface area contributed by atoms with E-state index in [0.29, 0.717) is 6.04 Å². The Labute approximate surface area is 129 Å². The minimum atomic E-state index is 0.354. The topological polar surface area (TPSA) is 12.0 Å². The van der Waals surface area contributed by atoms with Crippen LogP contribution in [-0.4, -0.2) is 7.05 Å². The highest BCUT2D eigenvalue weighted by molar-refractivity contribution is 9.10. The van der Waals surface area contributed by atoms with E-state index in [-0.39, 0.29) is 0 Å². The number of benzene rings is 1. The molecule has 2 rings (SSSR count). The quantitative estimate of drug-likeness (QED) is 0.769. The summed E-state index contributed by atoms with van der Waals surface area (Å²) in [6, 6.07) is 9.11. The van der Waals surface area contributed by atoms with Crippen LogP contribution < -0.4 is 5.32 Å². The third-order valence-corrected chi connectivity index (χ3v) is 5.55. The van der Waals surface area contributed by atoms with Crippen LogP contribution in [0.25, 0.3) is 0 Å². The van der Waals surface area contributed by atoms with Crippen molar-refractivity contribution in [2.75, 3.05) is 7.05 Å². The van der Waals surface area contributed by atoms with Crippen molar-refractivity contribution in [3.63, 3.8) is 0 Å². The van der Waals surface area contributed by atoms with E-state index in [1.54, 1.807) is 11.3 Å². The van der Waals surface area contributed by atoms with Crippen LogP contribution in [-0.2, 0) is 6.42 Å². The fourth-order valence-electron chi connectivity index (χ4n) is 1.87. The first-order valence-electron chi connectivity index (χ1n) is 5.76. The van der Waals surface area contributed by atoms with Crippen LogP contribution in [0.15, 0.2) is 38.6 Å². The number of hydrogen-bond acceptors (Lipinski definition) is 2. The number of nitrogens with one attached hydrogen (secondary N) is 1. The monoisotopic (exact) mass is 387 g/mol. The van der Waals surface area contributed by atoms with Gasteiger partial charge in [-0.3, -0.25) is 0 Å². The van der Waals surface area contributed by atoms with Crippen molar-refractivity contribution >= 4 is 43.2 Å². The third kappa shape index (κ3) is 3.44. The van der Waals surface area contributed by atoms with E-state index in [0.717, 1.165) is 6.42 Å². The smallest absolute Gasteiger partial charge is 0.0366 e. The number of halogens is 2. The van der Waals surface area contributed by atoms with Crippen molar-refractivity contribution < 1.29 is 0 Å². The Hall–Kier alpha value is -0.160. The summed E-state index contributed by atoms with van der Waals surface area (Å²) in [4.78, 5) is 1.39. The van der Waals surface area contributed by atoms with Crippen molar-refractivity contribution in [3.05, 3.63) is 54.6 Å². The molecule has 0 aliphatic heterocycles. The zero-order valence-electron chi connectivity index (χ0n) is 10.3. The molecule has 1 unspecified atom stereocenters. The molecule has 0 saturated heterocycles. The highest BCUT2D eigenvalue weighted by atomic mass is 79.9. The molecule has 0 radical (unpaired) electrons. The lowest BCUT2D eigenvalue weighted by Gasteiger charge is -2.16. The van der Waals surface area contributed by atoms with Gasteiger partial charge in [0, 0.05) is 31.7 Å². The first-order chi connectivity index (χ1) is 8.60. The number of thiophene rings is 1. The standard InChI is InChI=1S/C14H15Br2NS/c1-9-3-4-10(5-13(9)16)14(17-2)7-12-6-11(15)8-18-12/h3-6,8,14,17H,7H2,1-2H3. The number of aryl methyl sites for hydroxylation is 1. The zero-order chi connectivity index (χ0) is 13.1. The van der Waals surface area contributed by atoms with E-state index in [4.69, 9.17) is 0 Å². The average Bonchev–Trinajstić information content (AvgIpc) is 2.75. The molecule has 1 N–H and O–H groups in total. The van der Waals surface area contributed by atoms with Gasteiger partial charge in [0.05, 0.1) is 0 Å². The van der Waals surface area contributed by atoms with E-state index in [1.807, 2.05) is 7.05 Å². The van der Waals surface area contributed by atoms with Gasteiger partial charge < -0.3 is 5.32 Å². The number of hydrogen-bond donors (Lipinski definition) is 1. The third-order valence-electron chi connectivity index (χ3n) is 2.97. The Balaban J connectivity index is 2.19. The molecule has 0 amide bonds. The molecule has 4 heteroatoms. The van der Waals surface area contributed by atoms with Gasteiger partial charge in [-0.05, 0) is 53.2 Å². The van der Waals surface area contributed by atoms with Crippen molar-refractivity contribution in [1.82, 2.24) is 5.32 Å². The molecular formula is C14H15Br2NS. The van der Waals surface area contributed by atoms with Gasteiger partial charge in [-0.1, -0.05) is 28.1 Å². The highest BCUT2D eigenvalue weighted by Gasteiger charge is 2.12. The molecule has 1 aromatic carbocycles. The Kier molecular flexibility index (Phi) is 5.01. The lowest BCUT2D eigenvalue weighted by atomic mass is 10.0. The van der Waals surface area contributed by atoms with Crippen LogP contribution in [0.3, 0.4) is 0 Å². The molecule has 96 valence electrons. The summed E-state index contributed by atoms with van der Waals surface area (Å²) in [7, 11) is 2.01. The second kappa shape index (κ2) is 6.33. The van der Waals surface area contributed by atoms with Crippen LogP contribution in [0.4, 0.5) is 0 Å². The van der Waals surface area contributed by atoms with Crippen LogP contribution in [0.1, 0.15) is 22.0 Å². The fraction of sp³-hybridized carbons (Fsp3) is 0.286. The molecule has 1 atom stereocenters. The van der Waals surface area contributed by atoms with Crippen molar-refractivity contribution in [2.24, 2.45) is 0 Å². The zero-order valence-corrected chi connectivity index (χ0v) is 14.3. The first-order valence-corrected chi connectivity index (χ1v) is 8.23. The second-order valence-electron chi connectivity index (χ2n) is 4.29. The van der Waals surface area contributed by atoms with E-state index >= 15 is 0 Å². The fourth-order valence-corrected chi connectivity index (χ4v) is 3.77. The van der Waals surface area contributed by atoms with Crippen molar-refractivity contribution in [1.29, 1.82) is 0 Å². The second-order valence-corrected chi connectivity index (χ2v) is 7.05. The van der Waals surface area contributed by atoms with Crippen molar-refractivity contribution in [3.8, 4) is 0 Å². The van der Waals surface area contributed by atoms with E-state index in [2.05, 4.69) is 73.7 Å². The summed E-state index contributed by atoms with van der Waals surface area (Å²) in [6.45, 7) is 2.11. The summed E-state index contributed by atoms with van der Waals surface area (Å²) in [5.74, 6) is 0. The molecular weight excluding hydrogens is 374 g/mol. The molecule has 0 spiro atoms. The van der Waals surface area contributed by atoms with Crippen LogP contribution in [0.2, 0.25) is 0 Å². The molecule has 0 bridgehead atoms. The van der Waals surface area contributed by atoms with Crippen LogP contribution in [0.5, 0.6) is 0 Å². The molecule has 1 nitrogen and oxygen atoms in total. The van der Waals surface area contributed by atoms with Crippen LogP contribution in [0, 0.1) is 6.92 Å². The Morgan fingerprint density at radius 2 is 2.06 bits per heavy atom. The van der Waals surface area contributed by atoms with Gasteiger partial charge in [-0.2, -0.15) is 0 Å². The largest absolute Gasteiger partial charge is 0.313 e. The number of likely N-dealkylation sites (N-methyl/N-ethyl adjacent to an activating group) is 1. The maximum absolute atomic E-state index is 3.60. The average molecular weight is 389 g/mol. The normalized spacial score (nSPS) is 12.7. The van der Waals surface area contributed by atoms with Gasteiger partial charge in [0.15, 0.2) is 0 Å². The van der Waals surface area contributed by atoms with E-state index in [9.17, 15) is 0 Å². The Morgan fingerprint density at radius 3 is 2.61 bits per heavy atom. The minimum absolute atomic E-state index is 0.354. The minimum Gasteiger partial charge on any atom is -0.313 e. The van der Waals surface area contributed by atoms with Gasteiger partial charge in [-0.15, -0.1) is 11.3 Å². The Morgan fingerprint density at radius 1 is 1.28 bits per heavy atom. The van der Waals surface area contributed by atoms with Crippen molar-refractivity contribution in [2.45, 2.75) is 19.4 Å². The molecule has 0 aliphatic carbocycles. The maximum Gasteiger partial charge on any atom is 0.0366 e. The van der Waals surface area contributed by atoms with Gasteiger partial charge in [0.25, 0.3) is 0 Å². The molecule has 0 aliphatic rings. The predicted molar refractivity (Wildman–Crippen MR) is 86.4 cm³/mol. The predicted octanol–water partition coefficient (Wildman–Crippen LogP) is 5.08. The summed E-state index contributed by atoms with van der Waals surface area (Å²) in [5.41, 5.74) is 2.59. The summed E-state index contributed by atoms with van der Waals surface area (Å²) < 4.78 is 2.34. The summed E-state index contributed by atoms with van der Waals surface area (Å²) in [6.07, 6.45) is 1.02.